The minimum Gasteiger partial charge on any atom is -0.497 e. The molecule has 0 saturated carbocycles. The van der Waals surface area contributed by atoms with Crippen molar-refractivity contribution < 1.29 is 13.9 Å². The maximum absolute atomic E-state index is 13.5. The second kappa shape index (κ2) is 13.2. The van der Waals surface area contributed by atoms with E-state index in [-0.39, 0.29) is 11.1 Å². The number of piperidine rings is 1. The molecule has 0 bridgehead atoms. The van der Waals surface area contributed by atoms with Gasteiger partial charge in [0.25, 0.3) is 0 Å². The highest BCUT2D eigenvalue weighted by molar-refractivity contribution is 9.09. The Balaban J connectivity index is 0.000000795. The number of halogens is 3. The number of hydrogen-bond donors (Lipinski definition) is 1. The molecule has 4 rings (SSSR count). The van der Waals surface area contributed by atoms with Gasteiger partial charge in [-0.15, -0.1) is 12.8 Å². The normalized spacial score (nSPS) is 13.8. The van der Waals surface area contributed by atoms with E-state index in [1.807, 2.05) is 12.1 Å². The van der Waals surface area contributed by atoms with Gasteiger partial charge in [0.2, 0.25) is 0 Å². The number of terminal acetylenes is 2. The summed E-state index contributed by atoms with van der Waals surface area (Å²) in [6.45, 7) is 2.41. The molecule has 0 aliphatic carbocycles. The van der Waals surface area contributed by atoms with Crippen LogP contribution in [0.25, 0.3) is 10.9 Å². The van der Waals surface area contributed by atoms with Gasteiger partial charge in [-0.1, -0.05) is 39.4 Å². The number of nitrogens with one attached hydrogen (secondary N) is 1. The molecular weight excluding hydrogens is 535 g/mol. The molecule has 9 heteroatoms. The first kappa shape index (κ1) is 26.6. The lowest BCUT2D eigenvalue weighted by Gasteiger charge is -2.31. The van der Waals surface area contributed by atoms with Gasteiger partial charge in [-0.2, -0.15) is 0 Å². The highest BCUT2D eigenvalue weighted by Crippen LogP contribution is 2.37. The van der Waals surface area contributed by atoms with Crippen LogP contribution < -0.4 is 14.8 Å². The fraction of sp³-hybridized carbons (Fsp3) is 0.308. The molecule has 2 aromatic carbocycles. The van der Waals surface area contributed by atoms with E-state index < -0.39 is 5.82 Å². The number of ether oxygens (including phenoxy) is 2. The van der Waals surface area contributed by atoms with Gasteiger partial charge in [-0.25, -0.2) is 14.4 Å². The van der Waals surface area contributed by atoms with E-state index in [0.717, 1.165) is 31.3 Å². The molecule has 6 nitrogen and oxygen atoms in total. The second-order valence-corrected chi connectivity index (χ2v) is 8.60. The zero-order chi connectivity index (χ0) is 25.2. The number of methoxy groups -OCH3 is 1. The first-order chi connectivity index (χ1) is 17.0. The molecule has 3 aromatic rings. The fourth-order valence-corrected chi connectivity index (χ4v) is 3.82. The van der Waals surface area contributed by atoms with Crippen molar-refractivity contribution in [3.8, 4) is 36.2 Å². The number of aromatic nitrogens is 2. The highest BCUT2D eigenvalue weighted by atomic mass is 79.9. The molecule has 0 amide bonds. The lowest BCUT2D eigenvalue weighted by atomic mass is 10.1. The Morgan fingerprint density at radius 2 is 1.94 bits per heavy atom. The standard InChI is InChI=1S/C23H22ClFN4O2.C3H3Br/c1-3-8-29-9-6-16(7-10-29)31-21-13-17(30-2)12-20-22(21)23(27-14-26-20)28-15-4-5-19(25)18(24)11-15;1-2-3-4/h1,4-5,11-14,16H,6-10H2,2H3,(H,26,27,28);1H,3H2. The van der Waals surface area contributed by atoms with Crippen LogP contribution in [0.5, 0.6) is 11.5 Å². The van der Waals surface area contributed by atoms with Crippen LogP contribution in [0.3, 0.4) is 0 Å². The average molecular weight is 560 g/mol. The first-order valence-corrected chi connectivity index (χ1v) is 12.4. The summed E-state index contributed by atoms with van der Waals surface area (Å²) in [6, 6.07) is 8.07. The van der Waals surface area contributed by atoms with Crippen LogP contribution in [0.1, 0.15) is 12.8 Å². The van der Waals surface area contributed by atoms with Crippen molar-refractivity contribution >= 4 is 49.9 Å². The maximum atomic E-state index is 13.5. The van der Waals surface area contributed by atoms with E-state index in [9.17, 15) is 4.39 Å². The lowest BCUT2D eigenvalue weighted by Crippen LogP contribution is -2.38. The molecule has 0 spiro atoms. The summed E-state index contributed by atoms with van der Waals surface area (Å²) in [5, 5.41) is 4.61. The van der Waals surface area contributed by atoms with E-state index in [1.54, 1.807) is 13.2 Å². The minimum absolute atomic E-state index is 0.0280. The molecule has 0 atom stereocenters. The van der Waals surface area contributed by atoms with Crippen LogP contribution in [-0.2, 0) is 0 Å². The minimum atomic E-state index is -0.482. The number of rotatable bonds is 6. The summed E-state index contributed by atoms with van der Waals surface area (Å²) in [7, 11) is 1.60. The Kier molecular flexibility index (Phi) is 9.98. The number of nitrogens with zero attached hydrogens (tertiary/aromatic N) is 3. The molecule has 0 radical (unpaired) electrons. The van der Waals surface area contributed by atoms with E-state index in [4.69, 9.17) is 33.9 Å². The van der Waals surface area contributed by atoms with Crippen molar-refractivity contribution in [3.05, 3.63) is 47.5 Å². The summed E-state index contributed by atoms with van der Waals surface area (Å²) >= 11 is 8.94. The number of anilines is 2. The van der Waals surface area contributed by atoms with Crippen LogP contribution in [0, 0.1) is 30.5 Å². The van der Waals surface area contributed by atoms with Crippen molar-refractivity contribution in [2.45, 2.75) is 18.9 Å². The van der Waals surface area contributed by atoms with Crippen LogP contribution in [0.2, 0.25) is 5.02 Å². The Morgan fingerprint density at radius 1 is 1.20 bits per heavy atom. The predicted molar refractivity (Wildman–Crippen MR) is 142 cm³/mol. The quantitative estimate of drug-likeness (QED) is 0.310. The van der Waals surface area contributed by atoms with E-state index in [0.29, 0.717) is 40.4 Å². The number of fused-ring (bicyclic) bond motifs is 1. The zero-order valence-corrected chi connectivity index (χ0v) is 21.6. The van der Waals surface area contributed by atoms with Gasteiger partial charge in [-0.05, 0) is 31.0 Å². The number of hydrogen-bond acceptors (Lipinski definition) is 6. The van der Waals surface area contributed by atoms with E-state index in [1.165, 1.54) is 18.5 Å². The number of alkyl halides is 1. The lowest BCUT2D eigenvalue weighted by molar-refractivity contribution is 0.109. The summed E-state index contributed by atoms with van der Waals surface area (Å²) in [5.41, 5.74) is 1.28. The molecule has 1 aromatic heterocycles. The summed E-state index contributed by atoms with van der Waals surface area (Å²) in [6.07, 6.45) is 13.4. The van der Waals surface area contributed by atoms with Gasteiger partial charge in [0, 0.05) is 30.9 Å². The van der Waals surface area contributed by atoms with E-state index in [2.05, 4.69) is 48.0 Å². The largest absolute Gasteiger partial charge is 0.497 e. The molecule has 1 aliphatic heterocycles. The molecule has 1 saturated heterocycles. The van der Waals surface area contributed by atoms with Crippen LogP contribution >= 0.6 is 27.5 Å². The second-order valence-electron chi connectivity index (χ2n) is 7.63. The van der Waals surface area contributed by atoms with Crippen molar-refractivity contribution in [3.63, 3.8) is 0 Å². The Labute approximate surface area is 218 Å². The third-order valence-corrected chi connectivity index (χ3v) is 5.93. The predicted octanol–water partition coefficient (Wildman–Crippen LogP) is 5.67. The van der Waals surface area contributed by atoms with Crippen molar-refractivity contribution in [2.75, 3.05) is 37.4 Å². The maximum Gasteiger partial charge on any atom is 0.145 e. The summed E-state index contributed by atoms with van der Waals surface area (Å²) in [5.74, 6) is 6.36. The Bertz CT molecular complexity index is 1240. The third-order valence-electron chi connectivity index (χ3n) is 5.31. The molecular formula is C26H25BrClFN4O2. The third kappa shape index (κ3) is 7.22. The Hall–Kier alpha value is -3.04. The van der Waals surface area contributed by atoms with Crippen LogP contribution in [-0.4, -0.2) is 53.0 Å². The number of likely N-dealkylation sites (tertiary alicyclic amines) is 1. The van der Waals surface area contributed by atoms with E-state index >= 15 is 0 Å². The average Bonchev–Trinajstić information content (AvgIpc) is 2.87. The molecule has 1 N–H and O–H groups in total. The van der Waals surface area contributed by atoms with Gasteiger partial charge in [-0.3, -0.25) is 4.90 Å². The van der Waals surface area contributed by atoms with Gasteiger partial charge in [0.05, 0.1) is 34.9 Å². The van der Waals surface area contributed by atoms with Crippen LogP contribution in [0.4, 0.5) is 15.9 Å². The smallest absolute Gasteiger partial charge is 0.145 e. The topological polar surface area (TPSA) is 59.5 Å². The molecule has 1 fully saturated rings. The molecule has 1 aliphatic rings. The molecule has 0 unspecified atom stereocenters. The summed E-state index contributed by atoms with van der Waals surface area (Å²) in [4.78, 5) is 11.0. The summed E-state index contributed by atoms with van der Waals surface area (Å²) < 4.78 is 25.4. The monoisotopic (exact) mass is 558 g/mol. The Morgan fingerprint density at radius 3 is 2.57 bits per heavy atom. The zero-order valence-electron chi connectivity index (χ0n) is 19.2. The van der Waals surface area contributed by atoms with Gasteiger partial charge in [0.15, 0.2) is 0 Å². The molecule has 35 heavy (non-hydrogen) atoms. The van der Waals surface area contributed by atoms with Gasteiger partial charge < -0.3 is 14.8 Å². The van der Waals surface area contributed by atoms with Crippen molar-refractivity contribution in [1.82, 2.24) is 14.9 Å². The van der Waals surface area contributed by atoms with Gasteiger partial charge in [0.1, 0.15) is 35.6 Å². The SMILES string of the molecule is C#CCBr.C#CCN1CCC(Oc2cc(OC)cc3ncnc(Nc4ccc(F)c(Cl)c4)c23)CC1. The van der Waals surface area contributed by atoms with Crippen molar-refractivity contribution in [2.24, 2.45) is 0 Å². The molecule has 182 valence electrons. The number of benzene rings is 2. The van der Waals surface area contributed by atoms with Crippen LogP contribution in [0.15, 0.2) is 36.7 Å². The fourth-order valence-electron chi connectivity index (χ4n) is 3.64. The molecule has 2 heterocycles. The highest BCUT2D eigenvalue weighted by Gasteiger charge is 2.22. The van der Waals surface area contributed by atoms with Crippen molar-refractivity contribution in [1.29, 1.82) is 0 Å². The van der Waals surface area contributed by atoms with Gasteiger partial charge >= 0.3 is 0 Å². The first-order valence-electron chi connectivity index (χ1n) is 10.9.